The second-order valence-corrected chi connectivity index (χ2v) is 1.35. The monoisotopic (exact) mass is 114 g/mol. The Kier molecular flexibility index (Phi) is 2.77. The minimum Gasteiger partial charge on any atom is -0.298 e. The number of rotatable bonds is 2. The third-order valence-electron chi connectivity index (χ3n) is 0.733. The van der Waals surface area contributed by atoms with E-state index in [1.54, 1.807) is 0 Å². The first-order chi connectivity index (χ1) is 3.72. The molecule has 0 spiro atoms. The fourth-order valence-electron chi connectivity index (χ4n) is 0.217. The van der Waals surface area contributed by atoms with Crippen LogP contribution in [0.4, 0.5) is 4.39 Å². The zero-order valence-electron chi connectivity index (χ0n) is 4.65. The largest absolute Gasteiger partial charge is 0.298 e. The zero-order valence-corrected chi connectivity index (χ0v) is 4.65. The third-order valence-corrected chi connectivity index (χ3v) is 0.733. The molecule has 8 heavy (non-hydrogen) atoms. The normalized spacial score (nSPS) is 12.2. The lowest BCUT2D eigenvalue weighted by molar-refractivity contribution is -0.104. The molecule has 0 aromatic carbocycles. The summed E-state index contributed by atoms with van der Waals surface area (Å²) in [6, 6.07) is 0. The molecule has 1 nitrogen and oxygen atoms in total. The highest BCUT2D eigenvalue weighted by Gasteiger charge is 1.91. The highest BCUT2D eigenvalue weighted by Crippen LogP contribution is 2.02. The van der Waals surface area contributed by atoms with E-state index in [2.05, 4.69) is 6.58 Å². The smallest absolute Gasteiger partial charge is 0.148 e. The maximum Gasteiger partial charge on any atom is 0.148 e. The molecule has 0 bridgehead atoms. The number of carbonyl (C=O) groups is 1. The summed E-state index contributed by atoms with van der Waals surface area (Å²) in [5.41, 5.74) is 0.0833. The van der Waals surface area contributed by atoms with Gasteiger partial charge < -0.3 is 0 Å². The Balaban J connectivity index is 4.25. The molecule has 2 heteroatoms. The molecule has 0 N–H and O–H groups in total. The van der Waals surface area contributed by atoms with Crippen LogP contribution in [0.1, 0.15) is 6.92 Å². The molecule has 0 amide bonds. The molecule has 44 valence electrons. The summed E-state index contributed by atoms with van der Waals surface area (Å²) in [6.45, 7) is 4.53. The van der Waals surface area contributed by atoms with E-state index >= 15 is 0 Å². The molecule has 0 aliphatic heterocycles. The lowest BCUT2D eigenvalue weighted by atomic mass is 10.3. The molecule has 0 aromatic heterocycles. The van der Waals surface area contributed by atoms with Gasteiger partial charge in [-0.2, -0.15) is 0 Å². The Labute approximate surface area is 47.5 Å². The molecule has 0 fully saturated rings. The van der Waals surface area contributed by atoms with Gasteiger partial charge in [-0.3, -0.25) is 4.79 Å². The molecule has 0 rings (SSSR count). The van der Waals surface area contributed by atoms with Crippen molar-refractivity contribution in [3.05, 3.63) is 24.1 Å². The summed E-state index contributed by atoms with van der Waals surface area (Å²) < 4.78 is 12.1. The molecular weight excluding hydrogens is 107 g/mol. The van der Waals surface area contributed by atoms with Crippen LogP contribution >= 0.6 is 0 Å². The molecule has 0 saturated carbocycles. The number of hydrogen-bond acceptors (Lipinski definition) is 1. The van der Waals surface area contributed by atoms with Gasteiger partial charge in [-0.15, -0.1) is 0 Å². The summed E-state index contributed by atoms with van der Waals surface area (Å²) in [5.74, 6) is -0.556. The van der Waals surface area contributed by atoms with Crippen LogP contribution in [0, 0.1) is 0 Å². The van der Waals surface area contributed by atoms with Gasteiger partial charge in [-0.1, -0.05) is 6.58 Å². The lowest BCUT2D eigenvalue weighted by Gasteiger charge is -1.84. The standard InChI is InChI=1S/C6H7FO/c1-3-6(7)5(2)4-8/h3-4H,1H2,2H3. The van der Waals surface area contributed by atoms with E-state index in [1.807, 2.05) is 0 Å². The zero-order chi connectivity index (χ0) is 6.57. The van der Waals surface area contributed by atoms with Crippen LogP contribution in [0.3, 0.4) is 0 Å². The Morgan fingerprint density at radius 2 is 2.25 bits per heavy atom. The molecule has 0 heterocycles. The van der Waals surface area contributed by atoms with Gasteiger partial charge in [-0.05, 0) is 13.0 Å². The number of carbonyl (C=O) groups excluding carboxylic acids is 1. The number of allylic oxidation sites excluding steroid dienone is 3. The summed E-state index contributed by atoms with van der Waals surface area (Å²) in [5, 5.41) is 0. The van der Waals surface area contributed by atoms with E-state index in [9.17, 15) is 9.18 Å². The van der Waals surface area contributed by atoms with Crippen LogP contribution in [0.2, 0.25) is 0 Å². The van der Waals surface area contributed by atoms with Crippen LogP contribution in [0.5, 0.6) is 0 Å². The van der Waals surface area contributed by atoms with Crippen molar-refractivity contribution in [2.45, 2.75) is 6.92 Å². The van der Waals surface area contributed by atoms with Crippen LogP contribution in [-0.2, 0) is 4.79 Å². The molecule has 0 aromatic rings. The summed E-state index contributed by atoms with van der Waals surface area (Å²) >= 11 is 0. The van der Waals surface area contributed by atoms with E-state index in [0.717, 1.165) is 6.08 Å². The number of hydrogen-bond donors (Lipinski definition) is 0. The number of halogens is 1. The second-order valence-electron chi connectivity index (χ2n) is 1.35. The highest BCUT2D eigenvalue weighted by molar-refractivity contribution is 5.73. The van der Waals surface area contributed by atoms with Crippen molar-refractivity contribution in [3.63, 3.8) is 0 Å². The fourth-order valence-corrected chi connectivity index (χ4v) is 0.217. The Morgan fingerprint density at radius 1 is 1.75 bits per heavy atom. The first-order valence-corrected chi connectivity index (χ1v) is 2.16. The van der Waals surface area contributed by atoms with Crippen LogP contribution in [0.15, 0.2) is 24.1 Å². The second kappa shape index (κ2) is 3.13. The van der Waals surface area contributed by atoms with Gasteiger partial charge >= 0.3 is 0 Å². The molecule has 0 unspecified atom stereocenters. The average Bonchev–Trinajstić information content (AvgIpc) is 1.84. The molecule has 0 aliphatic carbocycles. The van der Waals surface area contributed by atoms with Gasteiger partial charge in [0.15, 0.2) is 0 Å². The minimum atomic E-state index is -0.556. The highest BCUT2D eigenvalue weighted by atomic mass is 19.1. The minimum absolute atomic E-state index is 0.0833. The van der Waals surface area contributed by atoms with Gasteiger partial charge in [0.1, 0.15) is 12.1 Å². The first-order valence-electron chi connectivity index (χ1n) is 2.16. The third kappa shape index (κ3) is 1.69. The first kappa shape index (κ1) is 7.08. The predicted molar refractivity (Wildman–Crippen MR) is 30.1 cm³/mol. The van der Waals surface area contributed by atoms with E-state index in [0.29, 0.717) is 6.29 Å². The predicted octanol–water partition coefficient (Wildman–Crippen LogP) is 1.61. The SMILES string of the molecule is C=CC(F)=C(C)C=O. The van der Waals surface area contributed by atoms with Gasteiger partial charge in [-0.25, -0.2) is 4.39 Å². The summed E-state index contributed by atoms with van der Waals surface area (Å²) in [4.78, 5) is 9.76. The number of aldehydes is 1. The Bertz CT molecular complexity index is 119. The van der Waals surface area contributed by atoms with E-state index in [-0.39, 0.29) is 5.57 Å². The maximum absolute atomic E-state index is 12.1. The molecule has 0 aliphatic rings. The van der Waals surface area contributed by atoms with E-state index in [1.165, 1.54) is 6.92 Å². The average molecular weight is 114 g/mol. The van der Waals surface area contributed by atoms with Crippen molar-refractivity contribution >= 4 is 6.29 Å². The van der Waals surface area contributed by atoms with Crippen LogP contribution < -0.4 is 0 Å². The summed E-state index contributed by atoms with van der Waals surface area (Å²) in [7, 11) is 0. The topological polar surface area (TPSA) is 17.1 Å². The van der Waals surface area contributed by atoms with Crippen molar-refractivity contribution in [3.8, 4) is 0 Å². The van der Waals surface area contributed by atoms with Crippen molar-refractivity contribution in [1.82, 2.24) is 0 Å². The molecule has 0 radical (unpaired) electrons. The maximum atomic E-state index is 12.1. The van der Waals surface area contributed by atoms with Crippen molar-refractivity contribution in [2.75, 3.05) is 0 Å². The van der Waals surface area contributed by atoms with Gasteiger partial charge in [0.2, 0.25) is 0 Å². The fraction of sp³-hybridized carbons (Fsp3) is 0.167. The quantitative estimate of drug-likeness (QED) is 0.303. The molecule has 0 saturated heterocycles. The molecular formula is C6H7FO. The van der Waals surface area contributed by atoms with E-state index < -0.39 is 5.83 Å². The Morgan fingerprint density at radius 3 is 2.38 bits per heavy atom. The van der Waals surface area contributed by atoms with Crippen LogP contribution in [0.25, 0.3) is 0 Å². The van der Waals surface area contributed by atoms with Gasteiger partial charge in [0, 0.05) is 5.57 Å². The summed E-state index contributed by atoms with van der Waals surface area (Å²) in [6.07, 6.45) is 1.46. The van der Waals surface area contributed by atoms with Crippen molar-refractivity contribution in [2.24, 2.45) is 0 Å². The van der Waals surface area contributed by atoms with Crippen molar-refractivity contribution in [1.29, 1.82) is 0 Å². The molecule has 0 atom stereocenters. The Hall–Kier alpha value is -0.920. The van der Waals surface area contributed by atoms with Gasteiger partial charge in [0.25, 0.3) is 0 Å². The van der Waals surface area contributed by atoms with Crippen LogP contribution in [-0.4, -0.2) is 6.29 Å². The van der Waals surface area contributed by atoms with Crippen molar-refractivity contribution < 1.29 is 9.18 Å². The lowest BCUT2D eigenvalue weighted by Crippen LogP contribution is -1.77. The van der Waals surface area contributed by atoms with Gasteiger partial charge in [0.05, 0.1) is 0 Å². The van der Waals surface area contributed by atoms with E-state index in [4.69, 9.17) is 0 Å².